The zero-order chi connectivity index (χ0) is 12.3. The minimum atomic E-state index is -0.151. The molecule has 0 aliphatic heterocycles. The quantitative estimate of drug-likeness (QED) is 0.554. The molecule has 94 valence electrons. The van der Waals surface area contributed by atoms with Crippen LogP contribution in [-0.2, 0) is 16.0 Å². The van der Waals surface area contributed by atoms with Crippen molar-refractivity contribution in [1.29, 1.82) is 0 Å². The van der Waals surface area contributed by atoms with Crippen LogP contribution in [0.15, 0.2) is 30.3 Å². The molecule has 0 aliphatic carbocycles. The van der Waals surface area contributed by atoms with Gasteiger partial charge in [0.2, 0.25) is 0 Å². The molecule has 1 aromatic rings. The second kappa shape index (κ2) is 8.76. The molecule has 0 bridgehead atoms. The van der Waals surface area contributed by atoms with E-state index in [1.54, 1.807) is 0 Å². The maximum Gasteiger partial charge on any atom is 0.306 e. The lowest BCUT2D eigenvalue weighted by Crippen LogP contribution is -2.20. The molecule has 0 atom stereocenters. The second-order valence-corrected chi connectivity index (χ2v) is 4.02. The summed E-state index contributed by atoms with van der Waals surface area (Å²) in [4.78, 5) is 10.8. The average Bonchev–Trinajstić information content (AvgIpc) is 2.38. The first-order chi connectivity index (χ1) is 8.33. The third-order valence-corrected chi connectivity index (χ3v) is 2.65. The Morgan fingerprint density at radius 1 is 1.18 bits per heavy atom. The molecule has 0 saturated heterocycles. The van der Waals surface area contributed by atoms with Gasteiger partial charge in [0, 0.05) is 6.54 Å². The molecule has 0 fully saturated rings. The fourth-order valence-electron chi connectivity index (χ4n) is 1.64. The Morgan fingerprint density at radius 2 is 1.94 bits per heavy atom. The van der Waals surface area contributed by atoms with Crippen LogP contribution in [0.2, 0.25) is 0 Å². The van der Waals surface area contributed by atoms with E-state index in [1.165, 1.54) is 19.1 Å². The van der Waals surface area contributed by atoms with Crippen LogP contribution in [0.1, 0.15) is 24.8 Å². The van der Waals surface area contributed by atoms with Gasteiger partial charge in [0.15, 0.2) is 0 Å². The molecular weight excluding hydrogens is 214 g/mol. The van der Waals surface area contributed by atoms with E-state index in [0.717, 1.165) is 19.4 Å². The fourth-order valence-corrected chi connectivity index (χ4v) is 1.64. The van der Waals surface area contributed by atoms with E-state index in [9.17, 15) is 4.79 Å². The molecule has 0 saturated carbocycles. The Morgan fingerprint density at radius 3 is 2.65 bits per heavy atom. The van der Waals surface area contributed by atoms with Crippen LogP contribution in [0.25, 0.3) is 0 Å². The average molecular weight is 235 g/mol. The predicted molar refractivity (Wildman–Crippen MR) is 68.9 cm³/mol. The summed E-state index contributed by atoms with van der Waals surface area (Å²) in [6, 6.07) is 10.5. The van der Waals surface area contributed by atoms with Gasteiger partial charge in [0.05, 0.1) is 13.5 Å². The fraction of sp³-hybridized carbons (Fsp3) is 0.500. The lowest BCUT2D eigenvalue weighted by molar-refractivity contribution is -0.140. The molecule has 1 N–H and O–H groups in total. The maximum absolute atomic E-state index is 10.8. The number of rotatable bonds is 8. The zero-order valence-corrected chi connectivity index (χ0v) is 10.4. The zero-order valence-electron chi connectivity index (χ0n) is 10.4. The van der Waals surface area contributed by atoms with Crippen LogP contribution < -0.4 is 5.32 Å². The lowest BCUT2D eigenvalue weighted by Gasteiger charge is -2.04. The van der Waals surface area contributed by atoms with Gasteiger partial charge in [0.1, 0.15) is 0 Å². The smallest absolute Gasteiger partial charge is 0.306 e. The lowest BCUT2D eigenvalue weighted by atomic mass is 10.1. The van der Waals surface area contributed by atoms with Crippen molar-refractivity contribution < 1.29 is 9.53 Å². The highest BCUT2D eigenvalue weighted by Gasteiger charge is 1.98. The molecule has 0 unspecified atom stereocenters. The van der Waals surface area contributed by atoms with Gasteiger partial charge < -0.3 is 10.1 Å². The van der Waals surface area contributed by atoms with Crippen LogP contribution in [0.3, 0.4) is 0 Å². The topological polar surface area (TPSA) is 38.3 Å². The number of nitrogens with one attached hydrogen (secondary N) is 1. The van der Waals surface area contributed by atoms with E-state index < -0.39 is 0 Å². The molecule has 0 heterocycles. The van der Waals surface area contributed by atoms with Crippen LogP contribution >= 0.6 is 0 Å². The second-order valence-electron chi connectivity index (χ2n) is 4.02. The van der Waals surface area contributed by atoms with Crippen LogP contribution in [0.5, 0.6) is 0 Å². The van der Waals surface area contributed by atoms with E-state index in [1.807, 2.05) is 6.07 Å². The number of unbranched alkanes of at least 4 members (excludes halogenated alkanes) is 1. The number of hydrogen-bond donors (Lipinski definition) is 1. The molecule has 0 amide bonds. The highest BCUT2D eigenvalue weighted by Crippen LogP contribution is 2.03. The van der Waals surface area contributed by atoms with Gasteiger partial charge in [-0.3, -0.25) is 4.79 Å². The van der Waals surface area contributed by atoms with E-state index in [-0.39, 0.29) is 5.97 Å². The first-order valence-corrected chi connectivity index (χ1v) is 6.14. The summed E-state index contributed by atoms with van der Waals surface area (Å²) in [6.07, 6.45) is 3.89. The number of esters is 1. The van der Waals surface area contributed by atoms with Crippen molar-refractivity contribution in [2.24, 2.45) is 0 Å². The summed E-state index contributed by atoms with van der Waals surface area (Å²) < 4.78 is 4.56. The van der Waals surface area contributed by atoms with Crippen molar-refractivity contribution in [2.45, 2.75) is 25.7 Å². The largest absolute Gasteiger partial charge is 0.469 e. The molecule has 0 aliphatic rings. The molecule has 1 aromatic carbocycles. The first-order valence-electron chi connectivity index (χ1n) is 6.14. The number of hydrogen-bond acceptors (Lipinski definition) is 3. The number of carbonyl (C=O) groups is 1. The van der Waals surface area contributed by atoms with Crippen LogP contribution in [-0.4, -0.2) is 26.2 Å². The van der Waals surface area contributed by atoms with Crippen LogP contribution in [0.4, 0.5) is 0 Å². The maximum atomic E-state index is 10.8. The van der Waals surface area contributed by atoms with E-state index in [4.69, 9.17) is 0 Å². The number of benzene rings is 1. The Hall–Kier alpha value is -1.35. The van der Waals surface area contributed by atoms with Crippen molar-refractivity contribution in [3.63, 3.8) is 0 Å². The summed E-state index contributed by atoms with van der Waals surface area (Å²) in [5, 5.41) is 3.24. The van der Waals surface area contributed by atoms with Gasteiger partial charge in [-0.2, -0.15) is 0 Å². The Balaban J connectivity index is 1.93. The Kier molecular flexibility index (Phi) is 7.07. The predicted octanol–water partition coefficient (Wildman–Crippen LogP) is 2.16. The monoisotopic (exact) mass is 235 g/mol. The van der Waals surface area contributed by atoms with Crippen molar-refractivity contribution >= 4 is 5.97 Å². The van der Waals surface area contributed by atoms with Crippen molar-refractivity contribution in [2.75, 3.05) is 20.2 Å². The van der Waals surface area contributed by atoms with Gasteiger partial charge in [0.25, 0.3) is 0 Å². The summed E-state index contributed by atoms with van der Waals surface area (Å²) in [5.74, 6) is -0.151. The van der Waals surface area contributed by atoms with Crippen molar-refractivity contribution in [3.8, 4) is 0 Å². The highest BCUT2D eigenvalue weighted by molar-refractivity contribution is 5.69. The number of aryl methyl sites for hydroxylation is 1. The minimum Gasteiger partial charge on any atom is -0.469 e. The number of methoxy groups -OCH3 is 1. The molecule has 17 heavy (non-hydrogen) atoms. The van der Waals surface area contributed by atoms with Gasteiger partial charge in [-0.25, -0.2) is 0 Å². The molecule has 0 spiro atoms. The van der Waals surface area contributed by atoms with E-state index >= 15 is 0 Å². The standard InChI is InChI=1S/C14H21NO2/c1-17-14(16)10-12-15-11-6-5-9-13-7-3-2-4-8-13/h2-4,7-8,15H,5-6,9-12H2,1H3. The van der Waals surface area contributed by atoms with E-state index in [2.05, 4.69) is 34.3 Å². The van der Waals surface area contributed by atoms with E-state index in [0.29, 0.717) is 13.0 Å². The third kappa shape index (κ3) is 6.74. The molecule has 0 aromatic heterocycles. The number of carbonyl (C=O) groups excluding carboxylic acids is 1. The van der Waals surface area contributed by atoms with Gasteiger partial charge >= 0.3 is 5.97 Å². The Bertz CT molecular complexity index is 311. The first kappa shape index (κ1) is 13.7. The summed E-state index contributed by atoms with van der Waals surface area (Å²) in [6.45, 7) is 1.67. The van der Waals surface area contributed by atoms with Crippen molar-refractivity contribution in [1.82, 2.24) is 5.32 Å². The van der Waals surface area contributed by atoms with Gasteiger partial charge in [-0.1, -0.05) is 30.3 Å². The molecule has 3 heteroatoms. The highest BCUT2D eigenvalue weighted by atomic mass is 16.5. The third-order valence-electron chi connectivity index (χ3n) is 2.65. The SMILES string of the molecule is COC(=O)CCNCCCCc1ccccc1. The Labute approximate surface area is 103 Å². The summed E-state index contributed by atoms with van der Waals surface area (Å²) in [7, 11) is 1.42. The van der Waals surface area contributed by atoms with Crippen LogP contribution in [0, 0.1) is 0 Å². The normalized spacial score (nSPS) is 10.2. The summed E-state index contributed by atoms with van der Waals surface area (Å²) in [5.41, 5.74) is 1.39. The number of ether oxygens (including phenoxy) is 1. The van der Waals surface area contributed by atoms with Gasteiger partial charge in [-0.05, 0) is 31.4 Å². The van der Waals surface area contributed by atoms with Gasteiger partial charge in [-0.15, -0.1) is 0 Å². The van der Waals surface area contributed by atoms with Crippen molar-refractivity contribution in [3.05, 3.63) is 35.9 Å². The molecule has 3 nitrogen and oxygen atoms in total. The molecular formula is C14H21NO2. The minimum absolute atomic E-state index is 0.151. The molecule has 0 radical (unpaired) electrons. The summed E-state index contributed by atoms with van der Waals surface area (Å²) >= 11 is 0. The molecule has 1 rings (SSSR count).